The third-order valence-corrected chi connectivity index (χ3v) is 3.81. The van der Waals surface area contributed by atoms with Gasteiger partial charge in [-0.05, 0) is 42.9 Å². The van der Waals surface area contributed by atoms with E-state index < -0.39 is 0 Å². The van der Waals surface area contributed by atoms with Crippen molar-refractivity contribution >= 4 is 34.6 Å². The number of nitrogens with zero attached hydrogens (tertiary/aromatic N) is 2. The lowest BCUT2D eigenvalue weighted by molar-refractivity contribution is 0.218. The van der Waals surface area contributed by atoms with E-state index in [4.69, 9.17) is 21.7 Å². The maximum atomic E-state index is 5.39. The number of aryl methyl sites for hydroxylation is 1. The number of benzene rings is 1. The van der Waals surface area contributed by atoms with Crippen LogP contribution in [-0.4, -0.2) is 30.9 Å². The Morgan fingerprint density at radius 3 is 2.61 bits per heavy atom. The van der Waals surface area contributed by atoms with Crippen LogP contribution in [0.3, 0.4) is 0 Å². The highest BCUT2D eigenvalue weighted by Crippen LogP contribution is 2.26. The molecular weight excluding hydrogens is 310 g/mol. The summed E-state index contributed by atoms with van der Waals surface area (Å²) < 4.78 is 10.7. The molecule has 5 nitrogen and oxygen atoms in total. The molecule has 1 aromatic carbocycles. The smallest absolute Gasteiger partial charge is 0.221 e. The number of amidine groups is 1. The first-order valence-electron chi connectivity index (χ1n) is 7.17. The lowest BCUT2D eigenvalue weighted by Gasteiger charge is -2.26. The Bertz CT molecular complexity index is 778. The van der Waals surface area contributed by atoms with Crippen LogP contribution in [0, 0.1) is 12.8 Å². The van der Waals surface area contributed by atoms with Crippen LogP contribution in [0.25, 0.3) is 0 Å². The van der Waals surface area contributed by atoms with E-state index in [2.05, 4.69) is 21.4 Å². The van der Waals surface area contributed by atoms with Crippen molar-refractivity contribution in [1.82, 2.24) is 0 Å². The van der Waals surface area contributed by atoms with E-state index in [0.717, 1.165) is 17.2 Å². The predicted molar refractivity (Wildman–Crippen MR) is 95.9 cm³/mol. The largest absolute Gasteiger partial charge is 0.493 e. The van der Waals surface area contributed by atoms with E-state index in [1.54, 1.807) is 14.2 Å². The minimum absolute atomic E-state index is 0.143. The van der Waals surface area contributed by atoms with Crippen molar-refractivity contribution in [3.05, 3.63) is 53.5 Å². The Hall–Kier alpha value is -2.47. The lowest BCUT2D eigenvalue weighted by Crippen LogP contribution is -2.34. The van der Waals surface area contributed by atoms with Crippen molar-refractivity contribution in [3.63, 3.8) is 0 Å². The van der Waals surface area contributed by atoms with Gasteiger partial charge in [0.05, 0.1) is 25.8 Å². The molecule has 0 spiro atoms. The first-order chi connectivity index (χ1) is 11.1. The third-order valence-electron chi connectivity index (χ3n) is 3.62. The van der Waals surface area contributed by atoms with Crippen LogP contribution < -0.4 is 5.32 Å². The Morgan fingerprint density at radius 1 is 1.13 bits per heavy atom. The van der Waals surface area contributed by atoms with Crippen LogP contribution in [0.1, 0.15) is 5.56 Å². The number of ether oxygens (including phenoxy) is 2. The average Bonchev–Trinajstić information content (AvgIpc) is 2.53. The second kappa shape index (κ2) is 6.34. The molecular formula is C17H17N3O2S. The molecule has 1 aliphatic carbocycles. The van der Waals surface area contributed by atoms with Gasteiger partial charge in [-0.1, -0.05) is 12.1 Å². The molecule has 0 saturated carbocycles. The Morgan fingerprint density at radius 2 is 1.91 bits per heavy atom. The molecule has 0 radical (unpaired) electrons. The summed E-state index contributed by atoms with van der Waals surface area (Å²) in [6.07, 6.45) is 3.77. The van der Waals surface area contributed by atoms with Gasteiger partial charge in [-0.2, -0.15) is 0 Å². The fourth-order valence-electron chi connectivity index (χ4n) is 2.55. The van der Waals surface area contributed by atoms with Crippen molar-refractivity contribution in [1.29, 1.82) is 0 Å². The van der Waals surface area contributed by atoms with Crippen LogP contribution in [0.2, 0.25) is 0 Å². The van der Waals surface area contributed by atoms with Crippen molar-refractivity contribution in [2.24, 2.45) is 15.9 Å². The molecule has 6 heteroatoms. The molecule has 1 atom stereocenters. The van der Waals surface area contributed by atoms with Gasteiger partial charge < -0.3 is 14.8 Å². The summed E-state index contributed by atoms with van der Waals surface area (Å²) >= 11 is 5.19. The highest BCUT2D eigenvalue weighted by atomic mass is 32.1. The minimum Gasteiger partial charge on any atom is -0.493 e. The SMILES string of the molecule is COC1=CC2=NC(=S)N=C(Nc3cccc(C)c3)C2C=C1OC. The molecule has 1 unspecified atom stereocenters. The van der Waals surface area contributed by atoms with Crippen molar-refractivity contribution in [2.45, 2.75) is 6.92 Å². The molecule has 1 heterocycles. The zero-order valence-corrected chi connectivity index (χ0v) is 14.0. The monoisotopic (exact) mass is 327 g/mol. The van der Waals surface area contributed by atoms with Crippen LogP contribution in [-0.2, 0) is 9.47 Å². The molecule has 0 saturated heterocycles. The topological polar surface area (TPSA) is 55.2 Å². The number of hydrogen-bond donors (Lipinski definition) is 1. The molecule has 0 aromatic heterocycles. The second-order valence-electron chi connectivity index (χ2n) is 5.24. The summed E-state index contributed by atoms with van der Waals surface area (Å²) in [5, 5.41) is 3.64. The molecule has 1 aromatic rings. The zero-order chi connectivity index (χ0) is 16.4. The van der Waals surface area contributed by atoms with Gasteiger partial charge in [0.2, 0.25) is 5.11 Å². The van der Waals surface area contributed by atoms with Gasteiger partial charge in [0.15, 0.2) is 11.5 Å². The van der Waals surface area contributed by atoms with Crippen molar-refractivity contribution < 1.29 is 9.47 Å². The molecule has 1 N–H and O–H groups in total. The number of methoxy groups -OCH3 is 2. The molecule has 0 amide bonds. The standard InChI is InChI=1S/C17H17N3O2S/c1-10-5-4-6-11(7-10)18-16-12-8-14(21-2)15(22-3)9-13(12)19-17(23)20-16/h4-9,12H,1-3H3,(H,18,20,23). The Balaban J connectivity index is 1.94. The molecule has 2 aliphatic rings. The zero-order valence-electron chi connectivity index (χ0n) is 13.2. The first kappa shape index (κ1) is 15.4. The van der Waals surface area contributed by atoms with Gasteiger partial charge in [-0.25, -0.2) is 9.98 Å². The fraction of sp³-hybridized carbons (Fsp3) is 0.235. The van der Waals surface area contributed by atoms with Gasteiger partial charge in [0.1, 0.15) is 5.84 Å². The maximum absolute atomic E-state index is 5.39. The average molecular weight is 327 g/mol. The van der Waals surface area contributed by atoms with E-state index in [0.29, 0.717) is 16.6 Å². The summed E-state index contributed by atoms with van der Waals surface area (Å²) in [5.41, 5.74) is 2.92. The molecule has 23 heavy (non-hydrogen) atoms. The number of allylic oxidation sites excluding steroid dienone is 1. The van der Waals surface area contributed by atoms with Crippen molar-refractivity contribution in [2.75, 3.05) is 19.5 Å². The number of aliphatic imine (C=N–C) groups is 2. The number of rotatable bonds is 3. The number of thiocarbonyl (C=S) groups is 1. The van der Waals surface area contributed by atoms with E-state index in [1.165, 1.54) is 5.56 Å². The Kier molecular flexibility index (Phi) is 4.25. The van der Waals surface area contributed by atoms with Crippen LogP contribution in [0.4, 0.5) is 5.69 Å². The number of fused-ring (bicyclic) bond motifs is 1. The summed E-state index contributed by atoms with van der Waals surface area (Å²) in [6.45, 7) is 2.04. The minimum atomic E-state index is -0.143. The highest BCUT2D eigenvalue weighted by Gasteiger charge is 2.30. The number of anilines is 1. The van der Waals surface area contributed by atoms with Gasteiger partial charge in [-0.3, -0.25) is 0 Å². The molecule has 3 rings (SSSR count). The van der Waals surface area contributed by atoms with Gasteiger partial charge >= 0.3 is 0 Å². The maximum Gasteiger partial charge on any atom is 0.221 e. The van der Waals surface area contributed by atoms with E-state index in [9.17, 15) is 0 Å². The summed E-state index contributed by atoms with van der Waals surface area (Å²) in [5.74, 6) is 1.87. The first-order valence-corrected chi connectivity index (χ1v) is 7.58. The van der Waals surface area contributed by atoms with Crippen LogP contribution in [0.5, 0.6) is 0 Å². The van der Waals surface area contributed by atoms with E-state index in [-0.39, 0.29) is 5.92 Å². The van der Waals surface area contributed by atoms with Crippen LogP contribution in [0.15, 0.2) is 57.9 Å². The Labute approximate surface area is 140 Å². The van der Waals surface area contributed by atoms with Crippen molar-refractivity contribution in [3.8, 4) is 0 Å². The molecule has 0 bridgehead atoms. The fourth-order valence-corrected chi connectivity index (χ4v) is 2.75. The highest BCUT2D eigenvalue weighted by molar-refractivity contribution is 7.80. The van der Waals surface area contributed by atoms with E-state index >= 15 is 0 Å². The molecule has 0 fully saturated rings. The third kappa shape index (κ3) is 3.17. The second-order valence-corrected chi connectivity index (χ2v) is 5.60. The molecule has 1 aliphatic heterocycles. The normalized spacial score (nSPS) is 19.8. The summed E-state index contributed by atoms with van der Waals surface area (Å²) in [4.78, 5) is 8.74. The van der Waals surface area contributed by atoms with Gasteiger partial charge in [-0.15, -0.1) is 0 Å². The van der Waals surface area contributed by atoms with Gasteiger partial charge in [0.25, 0.3) is 0 Å². The summed E-state index contributed by atoms with van der Waals surface area (Å²) in [6, 6.07) is 8.08. The number of nitrogens with one attached hydrogen (secondary N) is 1. The quantitative estimate of drug-likeness (QED) is 0.866. The molecule has 118 valence electrons. The van der Waals surface area contributed by atoms with Crippen LogP contribution >= 0.6 is 12.2 Å². The number of hydrogen-bond acceptors (Lipinski definition) is 4. The lowest BCUT2D eigenvalue weighted by atomic mass is 9.94. The summed E-state index contributed by atoms with van der Waals surface area (Å²) in [7, 11) is 3.21. The van der Waals surface area contributed by atoms with Gasteiger partial charge in [0, 0.05) is 11.8 Å². The predicted octanol–water partition coefficient (Wildman–Crippen LogP) is 3.24. The van der Waals surface area contributed by atoms with E-state index in [1.807, 2.05) is 37.3 Å².